The number of benzene rings is 1. The topological polar surface area (TPSA) is 80.3 Å². The molecule has 1 aromatic carbocycles. The number of hydrogen-bond donors (Lipinski definition) is 1. The maximum absolute atomic E-state index is 12.6. The van der Waals surface area contributed by atoms with Gasteiger partial charge in [-0.25, -0.2) is 0 Å². The molecular formula is C27H42INO4. The molecule has 1 N–H and O–H groups in total. The van der Waals surface area contributed by atoms with E-state index in [-0.39, 0.29) is 11.3 Å². The second-order valence-electron chi connectivity index (χ2n) is 8.88. The second kappa shape index (κ2) is 18.9. The molecule has 0 saturated carbocycles. The predicted octanol–water partition coefficient (Wildman–Crippen LogP) is 7.89. The molecule has 0 saturated heterocycles. The van der Waals surface area contributed by atoms with Crippen LogP contribution in [0.5, 0.6) is 0 Å². The number of carbonyl (C=O) groups excluding carboxylic acids is 3. The lowest BCUT2D eigenvalue weighted by Gasteiger charge is -2.08. The first-order chi connectivity index (χ1) is 16.0. The second-order valence-corrected chi connectivity index (χ2v) is 10.4. The molecule has 2 amide bonds. The van der Waals surface area contributed by atoms with E-state index in [2.05, 4.69) is 12.2 Å². The number of unbranched alkanes of at least 4 members (excludes halogenated alkanes) is 14. The quantitative estimate of drug-likeness (QED) is 0.104. The normalized spacial score (nSPS) is 10.8. The Hall–Kier alpha value is -1.44. The minimum absolute atomic E-state index is 0.0762. The number of carbonyl (C=O) groups is 3. The van der Waals surface area contributed by atoms with Crippen LogP contribution in [-0.2, 0) is 7.86 Å². The molecule has 0 aliphatic carbocycles. The zero-order chi connectivity index (χ0) is 24.3. The predicted molar refractivity (Wildman–Crippen MR) is 142 cm³/mol. The lowest BCUT2D eigenvalue weighted by atomic mass is 10.0. The van der Waals surface area contributed by atoms with E-state index in [0.717, 1.165) is 19.3 Å². The van der Waals surface area contributed by atoms with Gasteiger partial charge in [0.15, 0.2) is 27.0 Å². The van der Waals surface area contributed by atoms with Gasteiger partial charge < -0.3 is 0 Å². The molecule has 0 heterocycles. The number of nitrogens with one attached hydrogen (secondary N) is 1. The maximum atomic E-state index is 12.6. The van der Waals surface area contributed by atoms with Gasteiger partial charge in [0.2, 0.25) is 5.91 Å². The van der Waals surface area contributed by atoms with Crippen molar-refractivity contribution in [2.24, 2.45) is 0 Å². The van der Waals surface area contributed by atoms with Crippen molar-refractivity contribution in [3.8, 4) is 0 Å². The zero-order valence-electron chi connectivity index (χ0n) is 20.6. The molecule has 6 heteroatoms. The fourth-order valence-electron chi connectivity index (χ4n) is 4.02. The summed E-state index contributed by atoms with van der Waals surface area (Å²) in [5.41, 5.74) is 0.523. The first kappa shape index (κ1) is 29.6. The summed E-state index contributed by atoms with van der Waals surface area (Å²) in [6.45, 7) is 3.50. The van der Waals surface area contributed by atoms with Crippen molar-refractivity contribution in [3.05, 3.63) is 32.9 Å². The summed E-state index contributed by atoms with van der Waals surface area (Å²) >= 11 is -1.71. The van der Waals surface area contributed by atoms with Crippen molar-refractivity contribution in [2.45, 2.75) is 117 Å². The van der Waals surface area contributed by atoms with E-state index in [1.165, 1.54) is 90.0 Å². The van der Waals surface area contributed by atoms with E-state index in [9.17, 15) is 17.5 Å². The van der Waals surface area contributed by atoms with Crippen LogP contribution in [0, 0.1) is 3.57 Å². The van der Waals surface area contributed by atoms with Crippen LogP contribution in [0.4, 0.5) is 0 Å². The van der Waals surface area contributed by atoms with Crippen LogP contribution >= 0.6 is 21.2 Å². The van der Waals surface area contributed by atoms with Crippen molar-refractivity contribution in [2.75, 3.05) is 0 Å². The molecule has 1 rings (SSSR count). The Bertz CT molecular complexity index is 748. The largest absolute Gasteiger partial charge is 0.294 e. The third-order valence-corrected chi connectivity index (χ3v) is 7.52. The number of hydrogen-bond acceptors (Lipinski definition) is 4. The Morgan fingerprint density at radius 3 is 1.64 bits per heavy atom. The Balaban J connectivity index is 2.18. The Labute approximate surface area is 210 Å². The monoisotopic (exact) mass is 571 g/mol. The maximum Gasteiger partial charge on any atom is 0.259 e. The molecular weight excluding hydrogens is 529 g/mol. The first-order valence-corrected chi connectivity index (χ1v) is 14.7. The minimum atomic E-state index is -1.71. The van der Waals surface area contributed by atoms with Gasteiger partial charge in [0, 0.05) is 18.9 Å². The highest BCUT2D eigenvalue weighted by Gasteiger charge is 2.19. The summed E-state index contributed by atoms with van der Waals surface area (Å²) < 4.78 is 12.1. The van der Waals surface area contributed by atoms with E-state index in [0.29, 0.717) is 15.6 Å². The number of amides is 2. The lowest BCUT2D eigenvalue weighted by molar-refractivity contribution is -0.118. The molecule has 0 fully saturated rings. The minimum Gasteiger partial charge on any atom is -0.294 e. The van der Waals surface area contributed by atoms with Crippen molar-refractivity contribution in [3.63, 3.8) is 0 Å². The fourth-order valence-corrected chi connectivity index (χ4v) is 5.40. The van der Waals surface area contributed by atoms with Gasteiger partial charge in [-0.3, -0.25) is 22.8 Å². The number of imide groups is 1. The third kappa shape index (κ3) is 13.1. The molecule has 0 atom stereocenters. The van der Waals surface area contributed by atoms with Crippen molar-refractivity contribution in [1.29, 1.82) is 0 Å². The van der Waals surface area contributed by atoms with Crippen LogP contribution in [0.3, 0.4) is 0 Å². The van der Waals surface area contributed by atoms with Crippen molar-refractivity contribution < 1.29 is 17.5 Å². The van der Waals surface area contributed by atoms with Crippen molar-refractivity contribution >= 4 is 38.8 Å². The van der Waals surface area contributed by atoms with E-state index in [1.807, 2.05) is 0 Å². The van der Waals surface area contributed by atoms with Crippen LogP contribution in [-0.4, -0.2) is 17.6 Å². The molecule has 1 aromatic rings. The SMILES string of the molecule is CCCCCCCCCCCCCCCCCC(=O)c1cccc(C(=O)NC(C)=O)c1I=O. The molecule has 0 aliphatic rings. The molecule has 0 unspecified atom stereocenters. The van der Waals surface area contributed by atoms with Gasteiger partial charge >= 0.3 is 0 Å². The van der Waals surface area contributed by atoms with Crippen LogP contribution in [0.2, 0.25) is 0 Å². The van der Waals surface area contributed by atoms with Crippen LogP contribution in [0.15, 0.2) is 18.2 Å². The van der Waals surface area contributed by atoms with E-state index in [1.54, 1.807) is 12.1 Å². The van der Waals surface area contributed by atoms with Gasteiger partial charge in [-0.15, -0.1) is 0 Å². The number of rotatable bonds is 19. The summed E-state index contributed by atoms with van der Waals surface area (Å²) in [7, 11) is 0. The summed E-state index contributed by atoms with van der Waals surface area (Å²) in [5.74, 6) is -1.16. The number of Topliss-reactive ketones (excluding diaryl/α,β-unsaturated/α-hetero) is 1. The lowest BCUT2D eigenvalue weighted by Crippen LogP contribution is -2.29. The van der Waals surface area contributed by atoms with Crippen LogP contribution in [0.25, 0.3) is 0 Å². The molecule has 5 nitrogen and oxygen atoms in total. The first-order valence-electron chi connectivity index (χ1n) is 12.8. The van der Waals surface area contributed by atoms with Gasteiger partial charge in [-0.1, -0.05) is 109 Å². The Morgan fingerprint density at radius 2 is 1.18 bits per heavy atom. The summed E-state index contributed by atoms with van der Waals surface area (Å²) in [6.07, 6.45) is 19.5. The Kier molecular flexibility index (Phi) is 17.0. The average molecular weight is 572 g/mol. The standard InChI is InChI=1S/C27H42INO4/c1-3-4-5-6-7-8-9-10-11-12-13-14-15-16-17-21-25(31)23-19-18-20-24(26(23)28-33)27(32)29-22(2)30/h18-20H,3-17,21H2,1-2H3,(H,29,30,32). The molecule has 0 bridgehead atoms. The van der Waals surface area contributed by atoms with E-state index < -0.39 is 33.0 Å². The molecule has 0 aromatic heterocycles. The summed E-state index contributed by atoms with van der Waals surface area (Å²) in [4.78, 5) is 35.9. The molecule has 186 valence electrons. The highest BCUT2D eigenvalue weighted by atomic mass is 127. The number of ketones is 1. The van der Waals surface area contributed by atoms with Gasteiger partial charge in [0.05, 0.1) is 9.13 Å². The number of halogens is 1. The molecule has 0 aliphatic heterocycles. The van der Waals surface area contributed by atoms with Gasteiger partial charge in [0.25, 0.3) is 5.91 Å². The molecule has 0 spiro atoms. The van der Waals surface area contributed by atoms with Gasteiger partial charge in [-0.2, -0.15) is 0 Å². The summed E-state index contributed by atoms with van der Waals surface area (Å²) in [6, 6.07) is 4.75. The van der Waals surface area contributed by atoms with Crippen molar-refractivity contribution in [1.82, 2.24) is 5.32 Å². The summed E-state index contributed by atoms with van der Waals surface area (Å²) in [5, 5.41) is 2.19. The van der Waals surface area contributed by atoms with E-state index >= 15 is 0 Å². The van der Waals surface area contributed by atoms with Crippen LogP contribution in [0.1, 0.15) is 137 Å². The van der Waals surface area contributed by atoms with E-state index in [4.69, 9.17) is 0 Å². The fraction of sp³-hybridized carbons (Fsp3) is 0.667. The highest BCUT2D eigenvalue weighted by molar-refractivity contribution is 14.1. The molecule has 33 heavy (non-hydrogen) atoms. The van der Waals surface area contributed by atoms with Gasteiger partial charge in [-0.05, 0) is 12.5 Å². The smallest absolute Gasteiger partial charge is 0.259 e. The average Bonchev–Trinajstić information content (AvgIpc) is 2.80. The third-order valence-electron chi connectivity index (χ3n) is 5.92. The van der Waals surface area contributed by atoms with Gasteiger partial charge in [0.1, 0.15) is 0 Å². The molecule has 0 radical (unpaired) electrons. The highest BCUT2D eigenvalue weighted by Crippen LogP contribution is 2.23. The zero-order valence-corrected chi connectivity index (χ0v) is 22.7. The Morgan fingerprint density at radius 1 is 0.727 bits per heavy atom. The van der Waals surface area contributed by atoms with Crippen LogP contribution < -0.4 is 5.32 Å².